The fourth-order valence-electron chi connectivity index (χ4n) is 1.06. The van der Waals surface area contributed by atoms with Gasteiger partial charge in [-0.25, -0.2) is 0 Å². The van der Waals surface area contributed by atoms with E-state index in [1.807, 2.05) is 0 Å². The van der Waals surface area contributed by atoms with Gasteiger partial charge in [-0.3, -0.25) is 0 Å². The second kappa shape index (κ2) is 6.31. The van der Waals surface area contributed by atoms with E-state index >= 15 is 0 Å². The minimum atomic E-state index is -2.36. The van der Waals surface area contributed by atoms with Gasteiger partial charge in [-0.05, 0) is 6.42 Å². The van der Waals surface area contributed by atoms with E-state index in [1.54, 1.807) is 21.3 Å². The molecule has 0 rings (SSSR count). The van der Waals surface area contributed by atoms with Crippen molar-refractivity contribution in [3.63, 3.8) is 0 Å². The van der Waals surface area contributed by atoms with Gasteiger partial charge in [0.1, 0.15) is 0 Å². The predicted octanol–water partition coefficient (Wildman–Crippen LogP) is 2.01. The van der Waals surface area contributed by atoms with E-state index in [0.717, 1.165) is 12.8 Å². The van der Waals surface area contributed by atoms with Gasteiger partial charge >= 0.3 is 8.80 Å². The van der Waals surface area contributed by atoms with Crippen LogP contribution in [0.25, 0.3) is 0 Å². The fourth-order valence-corrected chi connectivity index (χ4v) is 5.88. The van der Waals surface area contributed by atoms with Crippen LogP contribution in [0.2, 0.25) is 0 Å². The summed E-state index contributed by atoms with van der Waals surface area (Å²) < 4.78 is 16.4. The first-order chi connectivity index (χ1) is 5.66. The molecule has 0 bridgehead atoms. The van der Waals surface area contributed by atoms with E-state index in [0.29, 0.717) is 3.55 Å². The van der Waals surface area contributed by atoms with E-state index in [2.05, 4.69) is 29.5 Å². The Morgan fingerprint density at radius 3 is 1.83 bits per heavy atom. The molecular weight excluding hydrogens is 287 g/mol. The zero-order valence-corrected chi connectivity index (χ0v) is 11.3. The smallest absolute Gasteiger partial charge is 0.376 e. The van der Waals surface area contributed by atoms with Gasteiger partial charge in [0.05, 0.1) is 3.55 Å². The molecular formula is C7H17IO3Si. The third-order valence-corrected chi connectivity index (χ3v) is 7.45. The van der Waals surface area contributed by atoms with Crippen molar-refractivity contribution in [1.82, 2.24) is 0 Å². The van der Waals surface area contributed by atoms with Crippen LogP contribution < -0.4 is 0 Å². The minimum absolute atomic E-state index is 0.347. The Kier molecular flexibility index (Phi) is 6.74. The highest BCUT2D eigenvalue weighted by molar-refractivity contribution is 14.1. The lowest BCUT2D eigenvalue weighted by Crippen LogP contribution is -2.51. The Morgan fingerprint density at radius 1 is 1.17 bits per heavy atom. The average Bonchev–Trinajstić information content (AvgIpc) is 2.09. The standard InChI is InChI=1S/C7H17IO3Si/c1-5-6-7(8)12(9-2,10-3)11-4/h7H,5-6H2,1-4H3. The van der Waals surface area contributed by atoms with Crippen molar-refractivity contribution < 1.29 is 13.3 Å². The minimum Gasteiger partial charge on any atom is -0.376 e. The molecule has 0 heterocycles. The molecule has 0 aliphatic heterocycles. The molecule has 0 amide bonds. The molecule has 1 unspecified atom stereocenters. The van der Waals surface area contributed by atoms with Crippen LogP contribution in [0.5, 0.6) is 0 Å². The van der Waals surface area contributed by atoms with Gasteiger partial charge in [0.15, 0.2) is 0 Å². The lowest BCUT2D eigenvalue weighted by Gasteiger charge is -2.28. The van der Waals surface area contributed by atoms with Crippen molar-refractivity contribution in [2.45, 2.75) is 23.3 Å². The monoisotopic (exact) mass is 304 g/mol. The normalized spacial score (nSPS) is 14.8. The fraction of sp³-hybridized carbons (Fsp3) is 1.00. The molecule has 74 valence electrons. The van der Waals surface area contributed by atoms with Gasteiger partial charge in [-0.2, -0.15) is 0 Å². The van der Waals surface area contributed by atoms with E-state index in [4.69, 9.17) is 13.3 Å². The summed E-state index contributed by atoms with van der Waals surface area (Å²) in [6.07, 6.45) is 2.20. The summed E-state index contributed by atoms with van der Waals surface area (Å²) in [6, 6.07) is 0. The molecule has 0 saturated carbocycles. The summed E-state index contributed by atoms with van der Waals surface area (Å²) >= 11 is 2.34. The first-order valence-corrected chi connectivity index (χ1v) is 7.01. The molecule has 0 spiro atoms. The summed E-state index contributed by atoms with van der Waals surface area (Å²) in [4.78, 5) is 0. The maximum absolute atomic E-state index is 5.34. The first-order valence-electron chi connectivity index (χ1n) is 3.96. The van der Waals surface area contributed by atoms with E-state index in [1.165, 1.54) is 0 Å². The molecule has 0 aromatic heterocycles. The van der Waals surface area contributed by atoms with Crippen molar-refractivity contribution in [2.75, 3.05) is 21.3 Å². The van der Waals surface area contributed by atoms with Gasteiger partial charge in [0.25, 0.3) is 0 Å². The number of alkyl halides is 1. The topological polar surface area (TPSA) is 27.7 Å². The Balaban J connectivity index is 4.24. The zero-order chi connectivity index (χ0) is 9.61. The van der Waals surface area contributed by atoms with Crippen LogP contribution in [0, 0.1) is 0 Å². The third-order valence-electron chi connectivity index (χ3n) is 1.78. The zero-order valence-electron chi connectivity index (χ0n) is 8.09. The highest BCUT2D eigenvalue weighted by atomic mass is 127. The van der Waals surface area contributed by atoms with Crippen molar-refractivity contribution >= 4 is 31.4 Å². The van der Waals surface area contributed by atoms with Crippen molar-refractivity contribution in [3.05, 3.63) is 0 Å². The Morgan fingerprint density at radius 2 is 1.58 bits per heavy atom. The van der Waals surface area contributed by atoms with Crippen LogP contribution in [-0.2, 0) is 13.3 Å². The second-order valence-electron chi connectivity index (χ2n) is 2.47. The van der Waals surface area contributed by atoms with Gasteiger partial charge < -0.3 is 13.3 Å². The number of hydrogen-bond donors (Lipinski definition) is 0. The van der Waals surface area contributed by atoms with Crippen LogP contribution in [0.3, 0.4) is 0 Å². The van der Waals surface area contributed by atoms with Gasteiger partial charge in [-0.1, -0.05) is 35.9 Å². The van der Waals surface area contributed by atoms with E-state index in [-0.39, 0.29) is 0 Å². The molecule has 0 aliphatic rings. The van der Waals surface area contributed by atoms with Crippen LogP contribution in [0.1, 0.15) is 19.8 Å². The molecule has 0 N–H and O–H groups in total. The Bertz CT molecular complexity index is 111. The molecule has 0 aromatic carbocycles. The summed E-state index contributed by atoms with van der Waals surface area (Å²) in [5.41, 5.74) is 0. The predicted molar refractivity (Wildman–Crippen MR) is 59.5 cm³/mol. The van der Waals surface area contributed by atoms with Gasteiger partial charge in [0, 0.05) is 21.3 Å². The van der Waals surface area contributed by atoms with Crippen LogP contribution in [-0.4, -0.2) is 33.7 Å². The molecule has 3 nitrogen and oxygen atoms in total. The first kappa shape index (κ1) is 12.8. The average molecular weight is 304 g/mol. The van der Waals surface area contributed by atoms with Crippen molar-refractivity contribution in [2.24, 2.45) is 0 Å². The summed E-state index contributed by atoms with van der Waals surface area (Å²) in [7, 11) is 2.60. The second-order valence-corrected chi connectivity index (χ2v) is 8.28. The molecule has 0 aliphatic carbocycles. The Hall–Kier alpha value is 0.827. The van der Waals surface area contributed by atoms with Crippen molar-refractivity contribution in [3.8, 4) is 0 Å². The van der Waals surface area contributed by atoms with Crippen LogP contribution >= 0.6 is 22.6 Å². The van der Waals surface area contributed by atoms with Gasteiger partial charge in [-0.15, -0.1) is 0 Å². The molecule has 12 heavy (non-hydrogen) atoms. The Labute approximate surface area is 89.3 Å². The largest absolute Gasteiger partial charge is 0.513 e. The summed E-state index contributed by atoms with van der Waals surface area (Å²) in [6.45, 7) is 2.14. The molecule has 5 heteroatoms. The maximum Gasteiger partial charge on any atom is 0.513 e. The number of rotatable bonds is 6. The van der Waals surface area contributed by atoms with E-state index in [9.17, 15) is 0 Å². The highest BCUT2D eigenvalue weighted by Crippen LogP contribution is 2.23. The van der Waals surface area contributed by atoms with Crippen LogP contribution in [0.15, 0.2) is 0 Å². The molecule has 0 fully saturated rings. The highest BCUT2D eigenvalue weighted by Gasteiger charge is 2.45. The molecule has 0 radical (unpaired) electrons. The summed E-state index contributed by atoms with van der Waals surface area (Å²) in [5, 5.41) is 0. The quantitative estimate of drug-likeness (QED) is 0.427. The lowest BCUT2D eigenvalue weighted by molar-refractivity contribution is 0.122. The van der Waals surface area contributed by atoms with E-state index < -0.39 is 8.80 Å². The summed E-state index contributed by atoms with van der Waals surface area (Å²) in [5.74, 6) is 0. The third kappa shape index (κ3) is 2.95. The molecule has 0 saturated heterocycles. The van der Waals surface area contributed by atoms with Gasteiger partial charge in [0.2, 0.25) is 0 Å². The molecule has 1 atom stereocenters. The molecule has 0 aromatic rings. The lowest BCUT2D eigenvalue weighted by atomic mass is 10.4. The SMILES string of the molecule is CCCC(I)[Si](OC)(OC)OC. The number of hydrogen-bond acceptors (Lipinski definition) is 3. The number of halogens is 1. The maximum atomic E-state index is 5.34. The van der Waals surface area contributed by atoms with Crippen molar-refractivity contribution in [1.29, 1.82) is 0 Å². The van der Waals surface area contributed by atoms with Crippen LogP contribution in [0.4, 0.5) is 0 Å².